The highest BCUT2D eigenvalue weighted by atomic mass is 16.5. The van der Waals surface area contributed by atoms with Crippen LogP contribution < -0.4 is 5.32 Å². The van der Waals surface area contributed by atoms with E-state index in [0.717, 1.165) is 31.0 Å². The third-order valence-corrected chi connectivity index (χ3v) is 3.10. The van der Waals surface area contributed by atoms with Crippen LogP contribution in [0, 0.1) is 13.8 Å². The average molecular weight is 210 g/mol. The van der Waals surface area contributed by atoms with Crippen molar-refractivity contribution < 1.29 is 9.26 Å². The molecule has 15 heavy (non-hydrogen) atoms. The van der Waals surface area contributed by atoms with Crippen molar-refractivity contribution in [2.24, 2.45) is 0 Å². The van der Waals surface area contributed by atoms with Gasteiger partial charge in [0.25, 0.3) is 0 Å². The number of rotatable bonds is 3. The van der Waals surface area contributed by atoms with Crippen LogP contribution in [-0.2, 0) is 11.3 Å². The van der Waals surface area contributed by atoms with Gasteiger partial charge in [0.2, 0.25) is 0 Å². The Kier molecular flexibility index (Phi) is 3.07. The molecule has 2 heterocycles. The summed E-state index contributed by atoms with van der Waals surface area (Å²) in [5.41, 5.74) is 2.15. The molecule has 0 radical (unpaired) electrons. The quantitative estimate of drug-likeness (QED) is 0.822. The first-order valence-corrected chi connectivity index (χ1v) is 5.45. The molecule has 4 heteroatoms. The topological polar surface area (TPSA) is 47.3 Å². The monoisotopic (exact) mass is 210 g/mol. The molecule has 0 bridgehead atoms. The summed E-state index contributed by atoms with van der Waals surface area (Å²) in [6.45, 7) is 7.71. The van der Waals surface area contributed by atoms with E-state index < -0.39 is 0 Å². The molecule has 2 atom stereocenters. The Morgan fingerprint density at radius 1 is 1.47 bits per heavy atom. The maximum atomic E-state index is 5.49. The molecule has 0 aromatic carbocycles. The van der Waals surface area contributed by atoms with E-state index in [2.05, 4.69) is 17.4 Å². The number of nitrogens with one attached hydrogen (secondary N) is 1. The van der Waals surface area contributed by atoms with Gasteiger partial charge in [-0.2, -0.15) is 0 Å². The number of hydrogen-bond acceptors (Lipinski definition) is 4. The molecule has 1 aromatic rings. The summed E-state index contributed by atoms with van der Waals surface area (Å²) in [6.07, 6.45) is 1.40. The molecular weight excluding hydrogens is 192 g/mol. The van der Waals surface area contributed by atoms with Gasteiger partial charge in [0.05, 0.1) is 11.8 Å². The van der Waals surface area contributed by atoms with E-state index >= 15 is 0 Å². The zero-order chi connectivity index (χ0) is 10.8. The molecule has 1 saturated heterocycles. The van der Waals surface area contributed by atoms with Gasteiger partial charge in [0.1, 0.15) is 5.76 Å². The van der Waals surface area contributed by atoms with Crippen LogP contribution in [0.1, 0.15) is 30.4 Å². The number of hydrogen-bond donors (Lipinski definition) is 1. The molecule has 84 valence electrons. The zero-order valence-corrected chi connectivity index (χ0v) is 9.54. The van der Waals surface area contributed by atoms with Gasteiger partial charge in [-0.3, -0.25) is 0 Å². The molecule has 4 nitrogen and oxygen atoms in total. The van der Waals surface area contributed by atoms with Crippen molar-refractivity contribution >= 4 is 0 Å². The minimum Gasteiger partial charge on any atom is -0.377 e. The second kappa shape index (κ2) is 4.33. The van der Waals surface area contributed by atoms with E-state index in [-0.39, 0.29) is 0 Å². The minimum absolute atomic E-state index is 0.311. The molecule has 1 fully saturated rings. The Morgan fingerprint density at radius 2 is 2.27 bits per heavy atom. The third-order valence-electron chi connectivity index (χ3n) is 3.10. The Morgan fingerprint density at radius 3 is 2.80 bits per heavy atom. The molecule has 0 amide bonds. The first-order chi connectivity index (χ1) is 7.18. The van der Waals surface area contributed by atoms with Crippen LogP contribution in [0.4, 0.5) is 0 Å². The molecule has 0 aliphatic carbocycles. The summed E-state index contributed by atoms with van der Waals surface area (Å²) >= 11 is 0. The molecule has 2 rings (SSSR count). The normalized spacial score (nSPS) is 26.1. The molecular formula is C11H18N2O2. The van der Waals surface area contributed by atoms with Crippen LogP contribution in [0.25, 0.3) is 0 Å². The van der Waals surface area contributed by atoms with Gasteiger partial charge in [-0.05, 0) is 27.2 Å². The fourth-order valence-corrected chi connectivity index (χ4v) is 1.99. The van der Waals surface area contributed by atoms with Crippen molar-refractivity contribution in [3.63, 3.8) is 0 Å². The van der Waals surface area contributed by atoms with Crippen LogP contribution in [-0.4, -0.2) is 23.9 Å². The molecule has 1 aromatic heterocycles. The highest BCUT2D eigenvalue weighted by molar-refractivity contribution is 5.20. The lowest BCUT2D eigenvalue weighted by molar-refractivity contribution is 0.113. The number of aryl methyl sites for hydroxylation is 2. The number of nitrogens with zero attached hydrogens (tertiary/aromatic N) is 1. The van der Waals surface area contributed by atoms with Gasteiger partial charge in [0, 0.05) is 24.8 Å². The molecule has 0 spiro atoms. The van der Waals surface area contributed by atoms with Gasteiger partial charge in [-0.15, -0.1) is 0 Å². The van der Waals surface area contributed by atoms with Gasteiger partial charge < -0.3 is 14.6 Å². The largest absolute Gasteiger partial charge is 0.377 e. The summed E-state index contributed by atoms with van der Waals surface area (Å²) in [7, 11) is 0. The maximum Gasteiger partial charge on any atom is 0.138 e. The van der Waals surface area contributed by atoms with Crippen LogP contribution in [0.15, 0.2) is 4.52 Å². The Hall–Kier alpha value is -0.870. The van der Waals surface area contributed by atoms with Crippen molar-refractivity contribution in [3.8, 4) is 0 Å². The van der Waals surface area contributed by atoms with Crippen molar-refractivity contribution in [1.29, 1.82) is 0 Å². The van der Waals surface area contributed by atoms with Gasteiger partial charge >= 0.3 is 0 Å². The highest BCUT2D eigenvalue weighted by Gasteiger charge is 2.24. The van der Waals surface area contributed by atoms with Crippen LogP contribution in [0.2, 0.25) is 0 Å². The summed E-state index contributed by atoms with van der Waals surface area (Å²) in [5, 5.41) is 7.42. The predicted octanol–water partition coefficient (Wildman–Crippen LogP) is 1.56. The first kappa shape index (κ1) is 10.6. The van der Waals surface area contributed by atoms with Gasteiger partial charge in [-0.1, -0.05) is 5.16 Å². The molecule has 1 aliphatic heterocycles. The van der Waals surface area contributed by atoms with Crippen molar-refractivity contribution in [2.45, 2.75) is 45.9 Å². The SMILES string of the molecule is Cc1noc(C)c1CN[C@H]1CCO[C@@H]1C. The highest BCUT2D eigenvalue weighted by Crippen LogP contribution is 2.16. The standard InChI is InChI=1S/C11H18N2O2/c1-7-10(8(2)15-13-7)6-12-11-4-5-14-9(11)3/h9,11-12H,4-6H2,1-3H3/t9-,11+/m1/s1. The zero-order valence-electron chi connectivity index (χ0n) is 9.54. The molecule has 1 N–H and O–H groups in total. The summed E-state index contributed by atoms with van der Waals surface area (Å²) in [4.78, 5) is 0. The number of ether oxygens (including phenoxy) is 1. The lowest BCUT2D eigenvalue weighted by atomic mass is 10.1. The van der Waals surface area contributed by atoms with E-state index in [1.54, 1.807) is 0 Å². The lowest BCUT2D eigenvalue weighted by Crippen LogP contribution is -2.34. The van der Waals surface area contributed by atoms with Gasteiger partial charge in [-0.25, -0.2) is 0 Å². The van der Waals surface area contributed by atoms with Crippen molar-refractivity contribution in [1.82, 2.24) is 10.5 Å². The summed E-state index contributed by atoms with van der Waals surface area (Å²) in [6, 6.07) is 0.457. The molecule has 1 aliphatic rings. The van der Waals surface area contributed by atoms with E-state index in [9.17, 15) is 0 Å². The van der Waals surface area contributed by atoms with E-state index in [0.29, 0.717) is 12.1 Å². The van der Waals surface area contributed by atoms with Crippen molar-refractivity contribution in [2.75, 3.05) is 6.61 Å². The second-order valence-electron chi connectivity index (χ2n) is 4.15. The van der Waals surface area contributed by atoms with Crippen LogP contribution in [0.5, 0.6) is 0 Å². The maximum absolute atomic E-state index is 5.49. The Labute approximate surface area is 90.0 Å². The van der Waals surface area contributed by atoms with E-state index in [1.807, 2.05) is 13.8 Å². The predicted molar refractivity (Wildman–Crippen MR) is 56.6 cm³/mol. The van der Waals surface area contributed by atoms with Crippen LogP contribution in [0.3, 0.4) is 0 Å². The number of aromatic nitrogens is 1. The van der Waals surface area contributed by atoms with E-state index in [4.69, 9.17) is 9.26 Å². The average Bonchev–Trinajstić information content (AvgIpc) is 2.73. The summed E-state index contributed by atoms with van der Waals surface area (Å²) < 4.78 is 10.6. The van der Waals surface area contributed by atoms with Crippen molar-refractivity contribution in [3.05, 3.63) is 17.0 Å². The third kappa shape index (κ3) is 2.21. The molecule has 0 saturated carbocycles. The lowest BCUT2D eigenvalue weighted by Gasteiger charge is -2.15. The summed E-state index contributed by atoms with van der Waals surface area (Å²) in [5.74, 6) is 0.909. The van der Waals surface area contributed by atoms with E-state index in [1.165, 1.54) is 5.56 Å². The molecule has 0 unspecified atom stereocenters. The first-order valence-electron chi connectivity index (χ1n) is 5.45. The Bertz CT molecular complexity index is 316. The minimum atomic E-state index is 0.311. The Balaban J connectivity index is 1.93. The van der Waals surface area contributed by atoms with Crippen LogP contribution >= 0.6 is 0 Å². The second-order valence-corrected chi connectivity index (χ2v) is 4.15. The fourth-order valence-electron chi connectivity index (χ4n) is 1.99. The smallest absolute Gasteiger partial charge is 0.138 e. The fraction of sp³-hybridized carbons (Fsp3) is 0.727. The van der Waals surface area contributed by atoms with Gasteiger partial charge in [0.15, 0.2) is 0 Å².